The maximum Gasteiger partial charge on any atom is 0.260 e. The number of aromatic nitrogens is 1. The molecule has 0 bridgehead atoms. The highest BCUT2D eigenvalue weighted by Crippen LogP contribution is 2.33. The molecule has 4 aromatic rings. The topological polar surface area (TPSA) is 83.7 Å². The van der Waals surface area contributed by atoms with Gasteiger partial charge in [-0.15, -0.1) is 11.8 Å². The van der Waals surface area contributed by atoms with Crippen LogP contribution in [0, 0.1) is 0 Å². The van der Waals surface area contributed by atoms with Crippen LogP contribution in [0.15, 0.2) is 75.1 Å². The molecule has 0 radical (unpaired) electrons. The Hall–Kier alpha value is -2.66. The van der Waals surface area contributed by atoms with Gasteiger partial charge in [-0.3, -0.25) is 9.69 Å². The fourth-order valence-electron chi connectivity index (χ4n) is 4.10. The molecule has 1 amide bonds. The molecule has 1 aliphatic heterocycles. The number of nitrogens with zero attached hydrogens (tertiary/aromatic N) is 3. The molecule has 1 fully saturated rings. The molecule has 35 heavy (non-hydrogen) atoms. The molecule has 10 heteroatoms. The van der Waals surface area contributed by atoms with E-state index in [9.17, 15) is 13.2 Å². The third-order valence-corrected chi connectivity index (χ3v) is 9.69. The van der Waals surface area contributed by atoms with Crippen LogP contribution in [-0.2, 0) is 16.6 Å². The molecule has 2 aromatic heterocycles. The number of hydrogen-bond donors (Lipinski definition) is 0. The minimum Gasteiger partial charge on any atom is -0.467 e. The van der Waals surface area contributed by atoms with Crippen molar-refractivity contribution >= 4 is 54.4 Å². The maximum atomic E-state index is 13.6. The van der Waals surface area contributed by atoms with Gasteiger partial charge in [-0.2, -0.15) is 4.31 Å². The zero-order chi connectivity index (χ0) is 24.4. The summed E-state index contributed by atoms with van der Waals surface area (Å²) in [6.45, 7) is 1.29. The molecular weight excluding hydrogens is 502 g/mol. The Morgan fingerprint density at radius 1 is 1.11 bits per heavy atom. The van der Waals surface area contributed by atoms with Gasteiger partial charge in [0.05, 0.1) is 27.9 Å². The van der Waals surface area contributed by atoms with Crippen molar-refractivity contribution in [2.75, 3.05) is 24.2 Å². The Kier molecular flexibility index (Phi) is 6.97. The van der Waals surface area contributed by atoms with Crippen molar-refractivity contribution in [3.8, 4) is 0 Å². The third kappa shape index (κ3) is 5.02. The second-order valence-corrected chi connectivity index (χ2v) is 12.1. The SMILES string of the molecule is CSc1ccc2nc(N(Cc3ccco3)C(=O)c3ccc(S(=O)(=O)N4CCCCC4)cc3)sc2c1. The first kappa shape index (κ1) is 24.1. The number of thioether (sulfide) groups is 1. The molecule has 2 aromatic carbocycles. The van der Waals surface area contributed by atoms with Crippen LogP contribution in [0.1, 0.15) is 35.4 Å². The number of sulfonamides is 1. The van der Waals surface area contributed by atoms with Crippen molar-refractivity contribution in [2.45, 2.75) is 35.6 Å². The number of furan rings is 1. The number of benzene rings is 2. The van der Waals surface area contributed by atoms with Crippen LogP contribution in [0.4, 0.5) is 5.13 Å². The summed E-state index contributed by atoms with van der Waals surface area (Å²) in [4.78, 5) is 21.2. The average Bonchev–Trinajstić information content (AvgIpc) is 3.56. The molecule has 182 valence electrons. The Bertz CT molecular complexity index is 1420. The predicted octanol–water partition coefficient (Wildman–Crippen LogP) is 5.63. The van der Waals surface area contributed by atoms with Crippen LogP contribution in [0.3, 0.4) is 0 Å². The quantitative estimate of drug-likeness (QED) is 0.290. The fraction of sp³-hybridized carbons (Fsp3) is 0.280. The smallest absolute Gasteiger partial charge is 0.260 e. The highest BCUT2D eigenvalue weighted by atomic mass is 32.2. The molecule has 7 nitrogen and oxygen atoms in total. The summed E-state index contributed by atoms with van der Waals surface area (Å²) in [6.07, 6.45) is 6.39. The number of thiazole rings is 1. The van der Waals surface area contributed by atoms with Gasteiger partial charge in [0.25, 0.3) is 5.91 Å². The minimum atomic E-state index is -3.56. The molecule has 0 N–H and O–H groups in total. The molecule has 3 heterocycles. The Balaban J connectivity index is 1.46. The van der Waals surface area contributed by atoms with Crippen LogP contribution >= 0.6 is 23.1 Å². The van der Waals surface area contributed by atoms with Crippen LogP contribution in [-0.4, -0.2) is 43.0 Å². The Labute approximate surface area is 212 Å². The standard InChI is InChI=1S/C25H25N3O4S3/c1-33-20-9-12-22-23(16-20)34-25(26-22)28(17-19-6-5-15-32-19)24(29)18-7-10-21(11-8-18)35(30,31)27-13-3-2-4-14-27/h5-12,15-16H,2-4,13-14,17H2,1H3. The van der Waals surface area contributed by atoms with Gasteiger partial charge in [0.1, 0.15) is 5.76 Å². The summed E-state index contributed by atoms with van der Waals surface area (Å²) in [7, 11) is -3.56. The molecule has 1 aliphatic rings. The van der Waals surface area contributed by atoms with E-state index in [2.05, 4.69) is 6.07 Å². The number of piperidine rings is 1. The molecular formula is C25H25N3O4S3. The van der Waals surface area contributed by atoms with Gasteiger partial charge >= 0.3 is 0 Å². The second kappa shape index (κ2) is 10.1. The number of amides is 1. The minimum absolute atomic E-state index is 0.207. The second-order valence-electron chi connectivity index (χ2n) is 8.29. The van der Waals surface area contributed by atoms with Crippen molar-refractivity contribution < 1.29 is 17.6 Å². The van der Waals surface area contributed by atoms with Gasteiger partial charge in [0, 0.05) is 23.5 Å². The summed E-state index contributed by atoms with van der Waals surface area (Å²) >= 11 is 3.09. The number of rotatable bonds is 7. The lowest BCUT2D eigenvalue weighted by Gasteiger charge is -2.26. The number of carbonyl (C=O) groups excluding carboxylic acids is 1. The third-order valence-electron chi connectivity index (χ3n) is 6.01. The molecule has 5 rings (SSSR count). The first-order chi connectivity index (χ1) is 17.0. The van der Waals surface area contributed by atoms with E-state index in [4.69, 9.17) is 9.40 Å². The zero-order valence-corrected chi connectivity index (χ0v) is 21.7. The Morgan fingerprint density at radius 3 is 2.57 bits per heavy atom. The van der Waals surface area contributed by atoms with Crippen molar-refractivity contribution in [1.82, 2.24) is 9.29 Å². The van der Waals surface area contributed by atoms with Crippen LogP contribution in [0.5, 0.6) is 0 Å². The van der Waals surface area contributed by atoms with Gasteiger partial charge in [-0.25, -0.2) is 13.4 Å². The maximum absolute atomic E-state index is 13.6. The lowest BCUT2D eigenvalue weighted by Crippen LogP contribution is -2.35. The number of fused-ring (bicyclic) bond motifs is 1. The lowest BCUT2D eigenvalue weighted by atomic mass is 10.2. The Morgan fingerprint density at radius 2 is 1.89 bits per heavy atom. The van der Waals surface area contributed by atoms with E-state index < -0.39 is 10.0 Å². The van der Waals surface area contributed by atoms with E-state index in [0.29, 0.717) is 29.5 Å². The average molecular weight is 528 g/mol. The van der Waals surface area contributed by atoms with Crippen molar-refractivity contribution in [2.24, 2.45) is 0 Å². The van der Waals surface area contributed by atoms with Crippen LogP contribution in [0.25, 0.3) is 10.2 Å². The molecule has 1 saturated heterocycles. The molecule has 0 spiro atoms. The molecule has 0 atom stereocenters. The van der Waals surface area contributed by atoms with Crippen molar-refractivity contribution in [3.05, 3.63) is 72.2 Å². The zero-order valence-electron chi connectivity index (χ0n) is 19.2. The number of carbonyl (C=O) groups is 1. The van der Waals surface area contributed by atoms with E-state index in [1.54, 1.807) is 41.1 Å². The monoisotopic (exact) mass is 527 g/mol. The number of hydrogen-bond acceptors (Lipinski definition) is 7. The van der Waals surface area contributed by atoms with Gasteiger partial charge in [-0.1, -0.05) is 17.8 Å². The first-order valence-electron chi connectivity index (χ1n) is 11.3. The molecule has 0 unspecified atom stereocenters. The summed E-state index contributed by atoms with van der Waals surface area (Å²) < 4.78 is 34.0. The molecule has 0 aliphatic carbocycles. The van der Waals surface area contributed by atoms with E-state index in [1.165, 1.54) is 27.8 Å². The summed E-state index contributed by atoms with van der Waals surface area (Å²) in [6, 6.07) is 15.8. The normalized spacial score (nSPS) is 14.9. The fourth-order valence-corrected chi connectivity index (χ4v) is 7.13. The largest absolute Gasteiger partial charge is 0.467 e. The van der Waals surface area contributed by atoms with E-state index in [-0.39, 0.29) is 17.3 Å². The van der Waals surface area contributed by atoms with Crippen LogP contribution < -0.4 is 4.90 Å². The summed E-state index contributed by atoms with van der Waals surface area (Å²) in [5, 5.41) is 0.560. The van der Waals surface area contributed by atoms with Gasteiger partial charge < -0.3 is 4.42 Å². The summed E-state index contributed by atoms with van der Waals surface area (Å²) in [5.41, 5.74) is 1.21. The highest BCUT2D eigenvalue weighted by molar-refractivity contribution is 7.98. The first-order valence-corrected chi connectivity index (χ1v) is 14.8. The molecule has 0 saturated carbocycles. The van der Waals surface area contributed by atoms with E-state index in [0.717, 1.165) is 34.4 Å². The van der Waals surface area contributed by atoms with E-state index >= 15 is 0 Å². The van der Waals surface area contributed by atoms with Gasteiger partial charge in [0.2, 0.25) is 10.0 Å². The van der Waals surface area contributed by atoms with E-state index in [1.807, 2.05) is 24.5 Å². The predicted molar refractivity (Wildman–Crippen MR) is 140 cm³/mol. The number of anilines is 1. The van der Waals surface area contributed by atoms with Crippen molar-refractivity contribution in [1.29, 1.82) is 0 Å². The summed E-state index contributed by atoms with van der Waals surface area (Å²) in [5.74, 6) is 0.360. The lowest BCUT2D eigenvalue weighted by molar-refractivity contribution is 0.0983. The highest BCUT2D eigenvalue weighted by Gasteiger charge is 2.27. The van der Waals surface area contributed by atoms with Gasteiger partial charge in [-0.05, 0) is 73.7 Å². The van der Waals surface area contributed by atoms with Gasteiger partial charge in [0.15, 0.2) is 5.13 Å². The van der Waals surface area contributed by atoms with Crippen LogP contribution in [0.2, 0.25) is 0 Å². The van der Waals surface area contributed by atoms with Crippen molar-refractivity contribution in [3.63, 3.8) is 0 Å².